The number of nitrogens with one attached hydrogen (secondary N) is 1. The number of aliphatic hydroxyl groups is 1. The lowest BCUT2D eigenvalue weighted by molar-refractivity contribution is 0.282. The highest BCUT2D eigenvalue weighted by Gasteiger charge is 2.06. The van der Waals surface area contributed by atoms with Crippen LogP contribution in [0.2, 0.25) is 0 Å². The Labute approximate surface area is 140 Å². The molecule has 0 saturated carbocycles. The van der Waals surface area contributed by atoms with Crippen LogP contribution in [0.5, 0.6) is 0 Å². The van der Waals surface area contributed by atoms with Crippen LogP contribution in [0.15, 0.2) is 48.9 Å². The summed E-state index contributed by atoms with van der Waals surface area (Å²) in [5, 5.41) is 12.3. The van der Waals surface area contributed by atoms with Crippen LogP contribution in [0.3, 0.4) is 0 Å². The van der Waals surface area contributed by atoms with Crippen molar-refractivity contribution in [2.24, 2.45) is 0 Å². The second-order valence-electron chi connectivity index (χ2n) is 5.26. The Morgan fingerprint density at radius 1 is 1.08 bits per heavy atom. The zero-order valence-electron chi connectivity index (χ0n) is 13.2. The molecule has 0 aliphatic rings. The van der Waals surface area contributed by atoms with Crippen molar-refractivity contribution in [3.8, 4) is 11.4 Å². The zero-order valence-corrected chi connectivity index (χ0v) is 13.2. The van der Waals surface area contributed by atoms with Gasteiger partial charge in [-0.15, -0.1) is 0 Å². The molecule has 0 fully saturated rings. The molecule has 6 heteroatoms. The van der Waals surface area contributed by atoms with E-state index in [0.717, 1.165) is 35.3 Å². The van der Waals surface area contributed by atoms with Gasteiger partial charge in [-0.05, 0) is 42.7 Å². The minimum absolute atomic E-state index is 0.00987. The highest BCUT2D eigenvalue weighted by atomic mass is 16.3. The number of hydrogen-bond donors (Lipinski definition) is 2. The maximum absolute atomic E-state index is 9.21. The van der Waals surface area contributed by atoms with E-state index in [1.807, 2.05) is 36.4 Å². The molecule has 121 valence electrons. The number of anilines is 2. The molecule has 2 aromatic heterocycles. The fourth-order valence-corrected chi connectivity index (χ4v) is 2.31. The molecule has 0 aliphatic carbocycles. The van der Waals surface area contributed by atoms with E-state index in [9.17, 15) is 5.11 Å². The number of hydrogen-bond acceptors (Lipinski definition) is 6. The average Bonchev–Trinajstić information content (AvgIpc) is 2.63. The van der Waals surface area contributed by atoms with Gasteiger partial charge in [0.05, 0.1) is 6.61 Å². The highest BCUT2D eigenvalue weighted by molar-refractivity contribution is 5.59. The molecular weight excluding hydrogens is 302 g/mol. The minimum atomic E-state index is -0.00987. The predicted octanol–water partition coefficient (Wildman–Crippen LogP) is 2.94. The first kappa shape index (κ1) is 16.0. The van der Waals surface area contributed by atoms with Crippen molar-refractivity contribution < 1.29 is 5.11 Å². The third kappa shape index (κ3) is 3.91. The summed E-state index contributed by atoms with van der Waals surface area (Å²) in [6.07, 6.45) is 4.84. The maximum Gasteiger partial charge on any atom is 0.230 e. The Bertz CT molecular complexity index is 822. The van der Waals surface area contributed by atoms with Gasteiger partial charge < -0.3 is 10.4 Å². The van der Waals surface area contributed by atoms with Crippen LogP contribution in [0.1, 0.15) is 17.7 Å². The van der Waals surface area contributed by atoms with Crippen molar-refractivity contribution in [3.63, 3.8) is 0 Å². The third-order valence-electron chi connectivity index (χ3n) is 3.45. The van der Waals surface area contributed by atoms with Crippen molar-refractivity contribution in [2.75, 3.05) is 5.32 Å². The normalized spacial score (nSPS) is 10.6. The average molecular weight is 320 g/mol. The van der Waals surface area contributed by atoms with Crippen LogP contribution in [0.4, 0.5) is 11.6 Å². The first-order chi connectivity index (χ1) is 11.8. The third-order valence-corrected chi connectivity index (χ3v) is 3.45. The van der Waals surface area contributed by atoms with E-state index in [1.54, 1.807) is 6.20 Å². The zero-order chi connectivity index (χ0) is 16.8. The smallest absolute Gasteiger partial charge is 0.230 e. The Morgan fingerprint density at radius 2 is 2.00 bits per heavy atom. The summed E-state index contributed by atoms with van der Waals surface area (Å²) in [5.41, 5.74) is 3.49. The predicted molar refractivity (Wildman–Crippen MR) is 92.4 cm³/mol. The second kappa shape index (κ2) is 7.61. The fourth-order valence-electron chi connectivity index (χ4n) is 2.31. The largest absolute Gasteiger partial charge is 0.392 e. The first-order valence-corrected chi connectivity index (χ1v) is 7.69. The van der Waals surface area contributed by atoms with Crippen LogP contribution in [-0.2, 0) is 13.0 Å². The van der Waals surface area contributed by atoms with Crippen molar-refractivity contribution >= 4 is 11.6 Å². The summed E-state index contributed by atoms with van der Waals surface area (Å²) in [4.78, 5) is 17.2. The Hall–Kier alpha value is -2.86. The van der Waals surface area contributed by atoms with Gasteiger partial charge in [-0.2, -0.15) is 4.98 Å². The van der Waals surface area contributed by atoms with Gasteiger partial charge >= 0.3 is 0 Å². The van der Waals surface area contributed by atoms with Crippen LogP contribution in [0.25, 0.3) is 11.4 Å². The molecule has 3 aromatic rings. The summed E-state index contributed by atoms with van der Waals surface area (Å²) in [5.74, 6) is 1.03. The van der Waals surface area contributed by atoms with E-state index in [2.05, 4.69) is 32.2 Å². The topological polar surface area (TPSA) is 83.8 Å². The highest BCUT2D eigenvalue weighted by Crippen LogP contribution is 2.19. The molecule has 1 radical (unpaired) electrons. The summed E-state index contributed by atoms with van der Waals surface area (Å²) in [7, 11) is 0. The van der Waals surface area contributed by atoms with E-state index in [-0.39, 0.29) is 6.61 Å². The van der Waals surface area contributed by atoms with Crippen LogP contribution in [0, 0.1) is 6.92 Å². The molecule has 0 saturated heterocycles. The van der Waals surface area contributed by atoms with E-state index in [4.69, 9.17) is 0 Å². The lowest BCUT2D eigenvalue weighted by Gasteiger charge is -2.07. The summed E-state index contributed by atoms with van der Waals surface area (Å²) in [6, 6.07) is 11.3. The molecule has 0 spiro atoms. The van der Waals surface area contributed by atoms with Crippen LogP contribution < -0.4 is 5.32 Å². The van der Waals surface area contributed by atoms with E-state index in [0.29, 0.717) is 11.8 Å². The molecule has 0 bridgehead atoms. The van der Waals surface area contributed by atoms with Crippen LogP contribution in [-0.4, -0.2) is 25.0 Å². The Balaban J connectivity index is 1.84. The van der Waals surface area contributed by atoms with Gasteiger partial charge in [0.25, 0.3) is 0 Å². The summed E-state index contributed by atoms with van der Waals surface area (Å²) < 4.78 is 0. The second-order valence-corrected chi connectivity index (χ2v) is 5.26. The molecule has 0 amide bonds. The first-order valence-electron chi connectivity index (χ1n) is 7.69. The molecule has 0 unspecified atom stereocenters. The summed E-state index contributed by atoms with van der Waals surface area (Å²) >= 11 is 0. The molecule has 3 rings (SSSR count). The van der Waals surface area contributed by atoms with Crippen molar-refractivity contribution in [1.29, 1.82) is 0 Å². The molecule has 1 aromatic carbocycles. The number of aliphatic hydroxyl groups excluding tert-OH is 1. The number of pyridine rings is 1. The minimum Gasteiger partial charge on any atom is -0.392 e. The van der Waals surface area contributed by atoms with Crippen molar-refractivity contribution in [2.45, 2.75) is 19.4 Å². The van der Waals surface area contributed by atoms with Gasteiger partial charge in [0.1, 0.15) is 6.33 Å². The molecular formula is C18H18N5O. The lowest BCUT2D eigenvalue weighted by atomic mass is 10.1. The Morgan fingerprint density at radius 3 is 2.83 bits per heavy atom. The Kier molecular flexibility index (Phi) is 5.08. The molecule has 24 heavy (non-hydrogen) atoms. The van der Waals surface area contributed by atoms with Crippen molar-refractivity contribution in [1.82, 2.24) is 19.9 Å². The van der Waals surface area contributed by atoms with E-state index in [1.165, 1.54) is 6.33 Å². The molecule has 2 heterocycles. The van der Waals surface area contributed by atoms with Gasteiger partial charge in [-0.1, -0.05) is 19.1 Å². The van der Waals surface area contributed by atoms with Gasteiger partial charge in [0.2, 0.25) is 5.95 Å². The van der Waals surface area contributed by atoms with Gasteiger partial charge in [-0.25, -0.2) is 9.97 Å². The van der Waals surface area contributed by atoms with Crippen molar-refractivity contribution in [3.05, 3.63) is 67.1 Å². The SMILES string of the molecule is [CH2]CCc1cc(-c2ncnc(Nc3cccc(CO)c3)n2)ccn1. The molecule has 0 atom stereocenters. The lowest BCUT2D eigenvalue weighted by Crippen LogP contribution is -2.01. The van der Waals surface area contributed by atoms with Gasteiger partial charge in [0.15, 0.2) is 5.82 Å². The standard InChI is InChI=1S/C18H18N5O/c1-2-4-15-10-14(7-8-19-15)17-20-12-21-18(23-17)22-16-6-3-5-13(9-16)11-24/h3,5-10,12,24H,1-2,4,11H2,(H,20,21,22,23). The van der Waals surface area contributed by atoms with Crippen LogP contribution >= 0.6 is 0 Å². The number of nitrogens with zero attached hydrogens (tertiary/aromatic N) is 4. The van der Waals surface area contributed by atoms with E-state index >= 15 is 0 Å². The molecule has 0 aliphatic heterocycles. The number of benzene rings is 1. The quantitative estimate of drug-likeness (QED) is 0.726. The van der Waals surface area contributed by atoms with Gasteiger partial charge in [-0.3, -0.25) is 4.98 Å². The maximum atomic E-state index is 9.21. The summed E-state index contributed by atoms with van der Waals surface area (Å²) in [6.45, 7) is 3.84. The fraction of sp³-hybridized carbons (Fsp3) is 0.167. The monoisotopic (exact) mass is 320 g/mol. The van der Waals surface area contributed by atoms with E-state index < -0.39 is 0 Å². The molecule has 2 N–H and O–H groups in total. The number of aryl methyl sites for hydroxylation is 1. The van der Waals surface area contributed by atoms with Gasteiger partial charge in [0, 0.05) is 23.1 Å². The molecule has 6 nitrogen and oxygen atoms in total. The number of aromatic nitrogens is 4. The number of rotatable bonds is 6.